The predicted octanol–water partition coefficient (Wildman–Crippen LogP) is 1.06. The number of esters is 1. The minimum absolute atomic E-state index is 0.289. The summed E-state index contributed by atoms with van der Waals surface area (Å²) >= 11 is 0. The third-order valence-electron chi connectivity index (χ3n) is 3.14. The molecule has 0 radical (unpaired) electrons. The van der Waals surface area contributed by atoms with Gasteiger partial charge in [0.2, 0.25) is 0 Å². The van der Waals surface area contributed by atoms with Gasteiger partial charge in [0.05, 0.1) is 12.3 Å². The predicted molar refractivity (Wildman–Crippen MR) is 64.0 cm³/mol. The van der Waals surface area contributed by atoms with Gasteiger partial charge in [-0.05, 0) is 38.9 Å². The summed E-state index contributed by atoms with van der Waals surface area (Å²) in [6.07, 6.45) is 2.17. The molecule has 0 unspecified atom stereocenters. The van der Waals surface area contributed by atoms with Crippen LogP contribution in [-0.4, -0.2) is 35.4 Å². The summed E-state index contributed by atoms with van der Waals surface area (Å²) in [5.41, 5.74) is 1.55. The lowest BCUT2D eigenvalue weighted by Crippen LogP contribution is -2.26. The molecule has 1 aliphatic heterocycles. The summed E-state index contributed by atoms with van der Waals surface area (Å²) in [7, 11) is 1.79. The van der Waals surface area contributed by atoms with Crippen LogP contribution in [0.1, 0.15) is 41.9 Å². The third kappa shape index (κ3) is 2.66. The van der Waals surface area contributed by atoms with Gasteiger partial charge in [0.15, 0.2) is 0 Å². The molecule has 1 aromatic rings. The van der Waals surface area contributed by atoms with Crippen LogP contribution in [0.25, 0.3) is 0 Å². The molecule has 0 amide bonds. The number of hydrogen-bond acceptors (Lipinski definition) is 4. The molecule has 1 fully saturated rings. The summed E-state index contributed by atoms with van der Waals surface area (Å²) in [5.74, 6) is 0.174. The fraction of sp³-hybridized carbons (Fsp3) is 0.667. The molecular weight excluding hydrogens is 218 g/mol. The molecule has 2 heterocycles. The van der Waals surface area contributed by atoms with Gasteiger partial charge in [-0.2, -0.15) is 5.10 Å². The molecule has 94 valence electrons. The van der Waals surface area contributed by atoms with Gasteiger partial charge in [-0.25, -0.2) is 4.79 Å². The van der Waals surface area contributed by atoms with Crippen molar-refractivity contribution in [3.8, 4) is 0 Å². The minimum atomic E-state index is -0.289. The van der Waals surface area contributed by atoms with Crippen LogP contribution in [-0.2, 0) is 11.8 Å². The Morgan fingerprint density at radius 3 is 2.94 bits per heavy atom. The first-order chi connectivity index (χ1) is 8.22. The molecule has 0 bridgehead atoms. The molecule has 0 saturated carbocycles. The normalized spacial score (nSPS) is 17.1. The molecule has 5 heteroatoms. The van der Waals surface area contributed by atoms with Gasteiger partial charge in [-0.3, -0.25) is 4.68 Å². The molecule has 1 aliphatic rings. The fourth-order valence-corrected chi connectivity index (χ4v) is 2.20. The Balaban J connectivity index is 2.14. The van der Waals surface area contributed by atoms with Crippen molar-refractivity contribution in [1.82, 2.24) is 15.1 Å². The molecule has 1 aromatic heterocycles. The van der Waals surface area contributed by atoms with Gasteiger partial charge >= 0.3 is 5.97 Å². The van der Waals surface area contributed by atoms with Crippen LogP contribution in [0.2, 0.25) is 0 Å². The summed E-state index contributed by atoms with van der Waals surface area (Å²) in [6, 6.07) is 1.87. The van der Waals surface area contributed by atoms with Crippen LogP contribution < -0.4 is 5.32 Å². The second kappa shape index (κ2) is 5.31. The van der Waals surface area contributed by atoms with Crippen molar-refractivity contribution in [1.29, 1.82) is 0 Å². The van der Waals surface area contributed by atoms with Crippen molar-refractivity contribution in [3.63, 3.8) is 0 Å². The van der Waals surface area contributed by atoms with E-state index in [-0.39, 0.29) is 5.97 Å². The summed E-state index contributed by atoms with van der Waals surface area (Å²) in [6.45, 7) is 4.25. The minimum Gasteiger partial charge on any atom is -0.461 e. The molecule has 1 saturated heterocycles. The van der Waals surface area contributed by atoms with E-state index in [2.05, 4.69) is 10.4 Å². The number of ether oxygens (including phenoxy) is 1. The number of nitrogens with zero attached hydrogens (tertiary/aromatic N) is 2. The van der Waals surface area contributed by atoms with Crippen LogP contribution in [0.15, 0.2) is 6.07 Å². The molecule has 0 atom stereocenters. The highest BCUT2D eigenvalue weighted by Crippen LogP contribution is 2.24. The highest BCUT2D eigenvalue weighted by molar-refractivity contribution is 5.87. The number of piperidine rings is 1. The van der Waals surface area contributed by atoms with Gasteiger partial charge < -0.3 is 10.1 Å². The van der Waals surface area contributed by atoms with Crippen molar-refractivity contribution >= 4 is 5.97 Å². The van der Waals surface area contributed by atoms with Crippen molar-refractivity contribution in [3.05, 3.63) is 17.5 Å². The number of carbonyl (C=O) groups excluding carboxylic acids is 1. The van der Waals surface area contributed by atoms with Crippen LogP contribution >= 0.6 is 0 Å². The van der Waals surface area contributed by atoms with Gasteiger partial charge in [0.1, 0.15) is 5.69 Å². The van der Waals surface area contributed by atoms with Crippen LogP contribution in [0.4, 0.5) is 0 Å². The molecule has 0 spiro atoms. The number of nitrogens with one attached hydrogen (secondary N) is 1. The van der Waals surface area contributed by atoms with E-state index >= 15 is 0 Å². The van der Waals surface area contributed by atoms with Gasteiger partial charge in [0.25, 0.3) is 0 Å². The monoisotopic (exact) mass is 237 g/mol. The van der Waals surface area contributed by atoms with E-state index in [0.29, 0.717) is 18.2 Å². The van der Waals surface area contributed by atoms with Gasteiger partial charge in [-0.1, -0.05) is 0 Å². The zero-order valence-corrected chi connectivity index (χ0v) is 10.4. The van der Waals surface area contributed by atoms with E-state index in [9.17, 15) is 4.79 Å². The van der Waals surface area contributed by atoms with Crippen molar-refractivity contribution in [2.75, 3.05) is 19.7 Å². The Morgan fingerprint density at radius 1 is 1.59 bits per heavy atom. The van der Waals surface area contributed by atoms with E-state index in [4.69, 9.17) is 4.74 Å². The van der Waals surface area contributed by atoms with Gasteiger partial charge in [-0.15, -0.1) is 0 Å². The lowest BCUT2D eigenvalue weighted by molar-refractivity contribution is 0.0513. The first kappa shape index (κ1) is 12.1. The Kier molecular flexibility index (Phi) is 3.78. The molecule has 0 aromatic carbocycles. The summed E-state index contributed by atoms with van der Waals surface area (Å²) in [4.78, 5) is 11.7. The number of rotatable bonds is 3. The number of carbonyl (C=O) groups is 1. The largest absolute Gasteiger partial charge is 0.461 e. The van der Waals surface area contributed by atoms with Crippen LogP contribution in [0.3, 0.4) is 0 Å². The average Bonchev–Trinajstić information content (AvgIpc) is 2.73. The highest BCUT2D eigenvalue weighted by atomic mass is 16.5. The van der Waals surface area contributed by atoms with Crippen molar-refractivity contribution in [2.24, 2.45) is 7.05 Å². The average molecular weight is 237 g/mol. The van der Waals surface area contributed by atoms with Crippen LogP contribution in [0, 0.1) is 0 Å². The maximum atomic E-state index is 11.7. The Labute approximate surface area is 101 Å². The maximum absolute atomic E-state index is 11.7. The molecular formula is C12H19N3O2. The maximum Gasteiger partial charge on any atom is 0.356 e. The highest BCUT2D eigenvalue weighted by Gasteiger charge is 2.21. The molecule has 0 aliphatic carbocycles. The lowest BCUT2D eigenvalue weighted by Gasteiger charge is -2.20. The summed E-state index contributed by atoms with van der Waals surface area (Å²) in [5, 5.41) is 7.75. The summed E-state index contributed by atoms with van der Waals surface area (Å²) < 4.78 is 6.62. The zero-order valence-electron chi connectivity index (χ0n) is 10.4. The molecule has 1 N–H and O–H groups in total. The number of hydrogen-bond donors (Lipinski definition) is 1. The smallest absolute Gasteiger partial charge is 0.356 e. The Hall–Kier alpha value is -1.36. The standard InChI is InChI=1S/C12H19N3O2/c1-3-17-12(16)11-8-10(14-15(11)2)9-4-6-13-7-5-9/h8-9,13H,3-7H2,1-2H3. The molecule has 17 heavy (non-hydrogen) atoms. The Bertz CT molecular complexity index is 394. The van der Waals surface area contributed by atoms with E-state index < -0.39 is 0 Å². The van der Waals surface area contributed by atoms with Crippen molar-refractivity contribution < 1.29 is 9.53 Å². The fourth-order valence-electron chi connectivity index (χ4n) is 2.20. The number of aromatic nitrogens is 2. The van der Waals surface area contributed by atoms with E-state index in [0.717, 1.165) is 31.6 Å². The number of aryl methyl sites for hydroxylation is 1. The van der Waals surface area contributed by atoms with E-state index in [1.807, 2.05) is 13.0 Å². The Morgan fingerprint density at radius 2 is 2.29 bits per heavy atom. The van der Waals surface area contributed by atoms with E-state index in [1.54, 1.807) is 11.7 Å². The third-order valence-corrected chi connectivity index (χ3v) is 3.14. The zero-order chi connectivity index (χ0) is 12.3. The first-order valence-electron chi connectivity index (χ1n) is 6.14. The topological polar surface area (TPSA) is 56.1 Å². The second-order valence-corrected chi connectivity index (χ2v) is 4.32. The SMILES string of the molecule is CCOC(=O)c1cc(C2CCNCC2)nn1C. The van der Waals surface area contributed by atoms with Gasteiger partial charge in [0, 0.05) is 13.0 Å². The van der Waals surface area contributed by atoms with Crippen LogP contribution in [0.5, 0.6) is 0 Å². The molecule has 2 rings (SSSR count). The van der Waals surface area contributed by atoms with Crippen molar-refractivity contribution in [2.45, 2.75) is 25.7 Å². The first-order valence-corrected chi connectivity index (χ1v) is 6.14. The lowest BCUT2D eigenvalue weighted by atomic mass is 9.95. The molecule has 5 nitrogen and oxygen atoms in total. The van der Waals surface area contributed by atoms with E-state index in [1.165, 1.54) is 0 Å². The second-order valence-electron chi connectivity index (χ2n) is 4.32. The quantitative estimate of drug-likeness (QED) is 0.799.